The van der Waals surface area contributed by atoms with Gasteiger partial charge in [0.25, 0.3) is 0 Å². The molecule has 0 atom stereocenters. The van der Waals surface area contributed by atoms with Crippen LogP contribution in [0.4, 0.5) is 0 Å². The average molecular weight is 299 g/mol. The predicted molar refractivity (Wildman–Crippen MR) is 91.4 cm³/mol. The maximum Gasteiger partial charge on any atom is 0.155 e. The monoisotopic (exact) mass is 299 g/mol. The van der Waals surface area contributed by atoms with Crippen molar-refractivity contribution in [3.63, 3.8) is 0 Å². The summed E-state index contributed by atoms with van der Waals surface area (Å²) in [5.74, 6) is 3.84. The molecular weight excluding hydrogens is 276 g/mol. The van der Waals surface area contributed by atoms with Crippen molar-refractivity contribution in [1.82, 2.24) is 0 Å². The van der Waals surface area contributed by atoms with Gasteiger partial charge in [-0.25, -0.2) is 0 Å². The summed E-state index contributed by atoms with van der Waals surface area (Å²) in [5, 5.41) is 2.68. The summed E-state index contributed by atoms with van der Waals surface area (Å²) in [5.41, 5.74) is 0. The second kappa shape index (κ2) is 5.92. The number of hydrogen-bond donors (Lipinski definition) is 0. The Kier molecular flexibility index (Phi) is 3.81. The van der Waals surface area contributed by atoms with Gasteiger partial charge >= 0.3 is 0 Å². The van der Waals surface area contributed by atoms with Gasteiger partial charge in [0.2, 0.25) is 0 Å². The van der Waals surface area contributed by atoms with Crippen LogP contribution in [0.25, 0.3) is 10.8 Å². The van der Waals surface area contributed by atoms with Crippen molar-refractivity contribution in [3.05, 3.63) is 36.4 Å². The largest absolute Gasteiger partial charge is 0.490 e. The normalized spacial score (nSPS) is 20.4. The molecule has 0 radical (unpaired) electrons. The van der Waals surface area contributed by atoms with Crippen molar-refractivity contribution in [2.24, 2.45) is 0 Å². The van der Waals surface area contributed by atoms with Crippen LogP contribution in [0.2, 0.25) is 0 Å². The number of benzene rings is 2. The van der Waals surface area contributed by atoms with Crippen molar-refractivity contribution in [2.45, 2.75) is 49.5 Å². The minimum Gasteiger partial charge on any atom is -0.490 e. The fourth-order valence-electron chi connectivity index (χ4n) is 3.54. The van der Waals surface area contributed by atoms with Crippen molar-refractivity contribution >= 4 is 21.7 Å². The first-order valence-electron chi connectivity index (χ1n) is 8.26. The molecule has 1 aliphatic carbocycles. The molecule has 4 rings (SSSR count). The van der Waals surface area contributed by atoms with Crippen molar-refractivity contribution in [2.75, 3.05) is 11.5 Å². The Bertz CT molecular complexity index is 624. The van der Waals surface area contributed by atoms with Gasteiger partial charge in [-0.3, -0.25) is 0 Å². The van der Waals surface area contributed by atoms with Gasteiger partial charge in [-0.1, -0.05) is 6.07 Å². The first-order chi connectivity index (χ1) is 10.4. The second-order valence-electron chi connectivity index (χ2n) is 6.30. The van der Waals surface area contributed by atoms with E-state index in [1.165, 1.54) is 60.8 Å². The fourth-order valence-corrected chi connectivity index (χ4v) is 5.88. The van der Waals surface area contributed by atoms with Crippen LogP contribution in [0.1, 0.15) is 38.5 Å². The van der Waals surface area contributed by atoms with Gasteiger partial charge in [0.1, 0.15) is 17.3 Å². The molecule has 1 saturated carbocycles. The number of fused-ring (bicyclic) bond motifs is 1. The third-order valence-electron chi connectivity index (χ3n) is 4.75. The van der Waals surface area contributed by atoms with Crippen molar-refractivity contribution in [1.29, 1.82) is 0 Å². The highest BCUT2D eigenvalue weighted by Gasteiger charge is 2.26. The van der Waals surface area contributed by atoms with E-state index in [1.807, 2.05) is 0 Å². The lowest BCUT2D eigenvalue weighted by Gasteiger charge is -2.13. The number of ether oxygens (including phenoxy) is 1. The van der Waals surface area contributed by atoms with Gasteiger partial charge in [0, 0.05) is 17.0 Å². The van der Waals surface area contributed by atoms with E-state index in [0.717, 1.165) is 5.75 Å². The Morgan fingerprint density at radius 2 is 1.52 bits per heavy atom. The van der Waals surface area contributed by atoms with Crippen LogP contribution < -0.4 is 4.74 Å². The maximum atomic E-state index is 6.12. The zero-order chi connectivity index (χ0) is 14.1. The molecule has 1 aliphatic heterocycles. The molecular formula is C19H23OS+. The summed E-state index contributed by atoms with van der Waals surface area (Å²) in [7, 11) is 0.513. The lowest BCUT2D eigenvalue weighted by atomic mass is 10.1. The zero-order valence-corrected chi connectivity index (χ0v) is 13.3. The first kappa shape index (κ1) is 13.5. The highest BCUT2D eigenvalue weighted by atomic mass is 32.2. The molecule has 0 spiro atoms. The minimum absolute atomic E-state index is 0.446. The van der Waals surface area contributed by atoms with Gasteiger partial charge in [-0.15, -0.1) is 0 Å². The van der Waals surface area contributed by atoms with E-state index >= 15 is 0 Å². The second-order valence-corrected chi connectivity index (χ2v) is 8.58. The highest BCUT2D eigenvalue weighted by Crippen LogP contribution is 2.30. The SMILES string of the molecule is c1cc2cc([S+]3CCCC3)ccc2cc1OC1CCCC1. The molecule has 2 aromatic carbocycles. The quantitative estimate of drug-likeness (QED) is 0.730. The third-order valence-corrected chi connectivity index (χ3v) is 7.24. The highest BCUT2D eigenvalue weighted by molar-refractivity contribution is 7.97. The molecule has 2 aromatic rings. The van der Waals surface area contributed by atoms with E-state index in [-0.39, 0.29) is 0 Å². The third kappa shape index (κ3) is 2.91. The van der Waals surface area contributed by atoms with E-state index in [1.54, 1.807) is 4.90 Å². The predicted octanol–water partition coefficient (Wildman–Crippen LogP) is 4.93. The molecule has 110 valence electrons. The van der Waals surface area contributed by atoms with E-state index in [9.17, 15) is 0 Å². The molecule has 0 unspecified atom stereocenters. The molecule has 21 heavy (non-hydrogen) atoms. The molecule has 0 aromatic heterocycles. The zero-order valence-electron chi connectivity index (χ0n) is 12.5. The average Bonchev–Trinajstić information content (AvgIpc) is 3.20. The Morgan fingerprint density at radius 1 is 0.810 bits per heavy atom. The van der Waals surface area contributed by atoms with E-state index in [0.29, 0.717) is 17.0 Å². The van der Waals surface area contributed by atoms with Crippen LogP contribution in [-0.2, 0) is 10.9 Å². The Morgan fingerprint density at radius 3 is 2.33 bits per heavy atom. The molecule has 0 bridgehead atoms. The Hall–Kier alpha value is -1.15. The molecule has 2 heteroatoms. The maximum absolute atomic E-state index is 6.12. The lowest BCUT2D eigenvalue weighted by Crippen LogP contribution is -2.10. The molecule has 2 aliphatic rings. The van der Waals surface area contributed by atoms with Crippen LogP contribution in [0, 0.1) is 0 Å². The molecule has 1 nitrogen and oxygen atoms in total. The fraction of sp³-hybridized carbons (Fsp3) is 0.474. The van der Waals surface area contributed by atoms with Gasteiger partial charge in [0.05, 0.1) is 6.10 Å². The summed E-state index contributed by atoms with van der Waals surface area (Å²) < 4.78 is 6.12. The standard InChI is InChI=1S/C19H23OS/c1-2-6-17(5-1)20-18-9-7-16-14-19(10-8-15(16)13-18)21-11-3-4-12-21/h7-10,13-14,17H,1-6,11-12H2/q+1. The number of hydrogen-bond acceptors (Lipinski definition) is 1. The Labute approximate surface area is 130 Å². The van der Waals surface area contributed by atoms with Crippen LogP contribution in [0.3, 0.4) is 0 Å². The summed E-state index contributed by atoms with van der Waals surface area (Å²) >= 11 is 0. The smallest absolute Gasteiger partial charge is 0.155 e. The topological polar surface area (TPSA) is 9.23 Å². The first-order valence-corrected chi connectivity index (χ1v) is 9.83. The van der Waals surface area contributed by atoms with Gasteiger partial charge in [0.15, 0.2) is 4.90 Å². The summed E-state index contributed by atoms with van der Waals surface area (Å²) in [6, 6.07) is 13.6. The van der Waals surface area contributed by atoms with Crippen LogP contribution in [-0.4, -0.2) is 17.6 Å². The molecule has 2 fully saturated rings. The van der Waals surface area contributed by atoms with Crippen LogP contribution in [0.15, 0.2) is 41.3 Å². The van der Waals surface area contributed by atoms with Gasteiger partial charge in [-0.2, -0.15) is 0 Å². The molecule has 0 amide bonds. The molecule has 1 saturated heterocycles. The number of rotatable bonds is 3. The lowest BCUT2D eigenvalue weighted by molar-refractivity contribution is 0.210. The van der Waals surface area contributed by atoms with Gasteiger partial charge in [-0.05, 0) is 73.6 Å². The van der Waals surface area contributed by atoms with Crippen LogP contribution in [0.5, 0.6) is 5.75 Å². The Balaban J connectivity index is 1.58. The minimum atomic E-state index is 0.446. The van der Waals surface area contributed by atoms with E-state index < -0.39 is 0 Å². The van der Waals surface area contributed by atoms with Crippen molar-refractivity contribution < 1.29 is 4.74 Å². The van der Waals surface area contributed by atoms with E-state index in [4.69, 9.17) is 4.74 Å². The molecule has 1 heterocycles. The summed E-state index contributed by atoms with van der Waals surface area (Å²) in [6.07, 6.45) is 8.36. The van der Waals surface area contributed by atoms with Crippen LogP contribution >= 0.6 is 0 Å². The summed E-state index contributed by atoms with van der Waals surface area (Å²) in [4.78, 5) is 1.56. The molecule has 0 N–H and O–H groups in total. The summed E-state index contributed by atoms with van der Waals surface area (Å²) in [6.45, 7) is 0. The van der Waals surface area contributed by atoms with E-state index in [2.05, 4.69) is 36.4 Å². The van der Waals surface area contributed by atoms with Crippen molar-refractivity contribution in [3.8, 4) is 5.75 Å². The van der Waals surface area contributed by atoms with Gasteiger partial charge < -0.3 is 4.74 Å².